The van der Waals surface area contributed by atoms with Gasteiger partial charge in [-0.25, -0.2) is 4.79 Å². The van der Waals surface area contributed by atoms with Crippen molar-refractivity contribution in [3.05, 3.63) is 105 Å². The first kappa shape index (κ1) is 24.5. The van der Waals surface area contributed by atoms with E-state index in [9.17, 15) is 18.0 Å². The van der Waals surface area contributed by atoms with Crippen LogP contribution in [0.1, 0.15) is 30.0 Å². The second kappa shape index (κ2) is 10.4. The first-order valence-corrected chi connectivity index (χ1v) is 11.4. The molecule has 0 aliphatic heterocycles. The Hall–Kier alpha value is -3.58. The number of aromatic nitrogens is 2. The second-order valence-electron chi connectivity index (χ2n) is 7.96. The fraction of sp³-hybridized carbons (Fsp3) is 0.185. The lowest BCUT2D eigenvalue weighted by Gasteiger charge is -2.18. The van der Waals surface area contributed by atoms with Gasteiger partial charge in [-0.3, -0.25) is 0 Å². The number of nitrogens with one attached hydrogen (secondary N) is 1. The molecule has 0 saturated carbocycles. The molecule has 0 aliphatic carbocycles. The maximum absolute atomic E-state index is 13.1. The Labute approximate surface area is 205 Å². The molecule has 1 aromatic heterocycles. The van der Waals surface area contributed by atoms with Crippen LogP contribution in [0.3, 0.4) is 0 Å². The van der Waals surface area contributed by atoms with Crippen LogP contribution in [-0.2, 0) is 19.2 Å². The number of hydrogen-bond acceptors (Lipinski definition) is 3. The summed E-state index contributed by atoms with van der Waals surface area (Å²) in [6, 6.07) is 19.4. The molecular weight excluding hydrogens is 477 g/mol. The Morgan fingerprint density at radius 1 is 0.971 bits per heavy atom. The third-order valence-electron chi connectivity index (χ3n) is 5.48. The summed E-state index contributed by atoms with van der Waals surface area (Å²) in [4.78, 5) is 19.5. The van der Waals surface area contributed by atoms with Crippen LogP contribution in [0.25, 0.3) is 22.5 Å². The molecule has 35 heavy (non-hydrogen) atoms. The average molecular weight is 499 g/mol. The van der Waals surface area contributed by atoms with Gasteiger partial charge in [0.15, 0.2) is 0 Å². The zero-order valence-corrected chi connectivity index (χ0v) is 19.6. The van der Waals surface area contributed by atoms with Crippen molar-refractivity contribution in [2.24, 2.45) is 0 Å². The third-order valence-corrected chi connectivity index (χ3v) is 5.80. The number of ether oxygens (including phenoxy) is 1. The quantitative estimate of drug-likeness (QED) is 0.290. The molecule has 180 valence electrons. The fourth-order valence-electron chi connectivity index (χ4n) is 3.86. The molecule has 0 atom stereocenters. The Morgan fingerprint density at radius 3 is 2.34 bits per heavy atom. The standard InChI is InChI=1S/C27H22ClF3N2O2/c1-2-7-20-24(18-12-14-19(15-13-18)27(29,30)31)32-26(34)33-25(20)23-21(28)10-6-11-22(23)35-16-17-8-4-3-5-9-17/h3-6,8-15H,2,7,16H2,1H3,(H,32,33,34). The third kappa shape index (κ3) is 5.57. The van der Waals surface area contributed by atoms with Crippen molar-refractivity contribution in [3.8, 4) is 28.3 Å². The normalized spacial score (nSPS) is 11.5. The van der Waals surface area contributed by atoms with Crippen LogP contribution in [0.15, 0.2) is 77.6 Å². The van der Waals surface area contributed by atoms with E-state index in [1.807, 2.05) is 37.3 Å². The molecule has 0 spiro atoms. The fourth-order valence-corrected chi connectivity index (χ4v) is 4.12. The van der Waals surface area contributed by atoms with Crippen LogP contribution in [0, 0.1) is 0 Å². The maximum Gasteiger partial charge on any atom is 0.416 e. The smallest absolute Gasteiger partial charge is 0.416 e. The number of H-pyrrole nitrogens is 1. The molecule has 0 unspecified atom stereocenters. The van der Waals surface area contributed by atoms with Crippen molar-refractivity contribution >= 4 is 11.6 Å². The zero-order valence-electron chi connectivity index (χ0n) is 18.8. The van der Waals surface area contributed by atoms with E-state index in [0.29, 0.717) is 58.3 Å². The summed E-state index contributed by atoms with van der Waals surface area (Å²) in [6.45, 7) is 2.25. The summed E-state index contributed by atoms with van der Waals surface area (Å²) in [6.07, 6.45) is -3.24. The summed E-state index contributed by atoms with van der Waals surface area (Å²) < 4.78 is 45.2. The number of hydrogen-bond donors (Lipinski definition) is 1. The van der Waals surface area contributed by atoms with Crippen LogP contribution in [-0.4, -0.2) is 9.97 Å². The summed E-state index contributed by atoms with van der Waals surface area (Å²) >= 11 is 6.59. The predicted molar refractivity (Wildman–Crippen MR) is 131 cm³/mol. The number of rotatable bonds is 7. The van der Waals surface area contributed by atoms with Gasteiger partial charge in [0, 0.05) is 11.1 Å². The van der Waals surface area contributed by atoms with Crippen molar-refractivity contribution < 1.29 is 17.9 Å². The van der Waals surface area contributed by atoms with Crippen molar-refractivity contribution in [2.45, 2.75) is 32.5 Å². The Morgan fingerprint density at radius 2 is 1.69 bits per heavy atom. The molecule has 4 aromatic rings. The minimum Gasteiger partial charge on any atom is -0.488 e. The van der Waals surface area contributed by atoms with Crippen molar-refractivity contribution in [1.29, 1.82) is 0 Å². The topological polar surface area (TPSA) is 55.0 Å². The van der Waals surface area contributed by atoms with E-state index in [1.54, 1.807) is 18.2 Å². The molecule has 8 heteroatoms. The van der Waals surface area contributed by atoms with Gasteiger partial charge in [0.05, 0.1) is 27.5 Å². The molecule has 1 N–H and O–H groups in total. The van der Waals surface area contributed by atoms with Crippen LogP contribution in [0.5, 0.6) is 5.75 Å². The number of halogens is 4. The van der Waals surface area contributed by atoms with Crippen LogP contribution >= 0.6 is 11.6 Å². The lowest BCUT2D eigenvalue weighted by Crippen LogP contribution is -2.16. The highest BCUT2D eigenvalue weighted by Crippen LogP contribution is 2.40. The molecule has 0 fully saturated rings. The minimum atomic E-state index is -4.46. The molecule has 4 rings (SSSR count). The van der Waals surface area contributed by atoms with Gasteiger partial charge in [-0.2, -0.15) is 18.2 Å². The first-order valence-electron chi connectivity index (χ1n) is 11.0. The summed E-state index contributed by atoms with van der Waals surface area (Å²) in [5, 5.41) is 0.369. The molecule has 4 nitrogen and oxygen atoms in total. The molecular formula is C27H22ClF3N2O2. The molecule has 3 aromatic carbocycles. The molecule has 0 amide bonds. The zero-order chi connectivity index (χ0) is 25.0. The summed E-state index contributed by atoms with van der Waals surface area (Å²) in [5.41, 5.74) is 1.89. The van der Waals surface area contributed by atoms with Gasteiger partial charge in [-0.15, -0.1) is 0 Å². The van der Waals surface area contributed by atoms with Gasteiger partial charge in [-0.05, 0) is 36.2 Å². The summed E-state index contributed by atoms with van der Waals surface area (Å²) in [5.74, 6) is 0.471. The number of alkyl halides is 3. The monoisotopic (exact) mass is 498 g/mol. The SMILES string of the molecule is CCCc1c(-c2ccc(C(F)(F)F)cc2)nc(=O)[nH]c1-c1c(Cl)cccc1OCc1ccccc1. The molecule has 0 saturated heterocycles. The molecule has 1 heterocycles. The maximum atomic E-state index is 13.1. The highest BCUT2D eigenvalue weighted by atomic mass is 35.5. The highest BCUT2D eigenvalue weighted by Gasteiger charge is 2.30. The van der Waals surface area contributed by atoms with Gasteiger partial charge >= 0.3 is 11.9 Å². The first-order chi connectivity index (χ1) is 16.8. The van der Waals surface area contributed by atoms with Gasteiger partial charge in [-0.1, -0.05) is 73.5 Å². The van der Waals surface area contributed by atoms with Crippen LogP contribution < -0.4 is 10.4 Å². The van der Waals surface area contributed by atoms with Gasteiger partial charge in [0.1, 0.15) is 12.4 Å². The minimum absolute atomic E-state index is 0.290. The van der Waals surface area contributed by atoms with E-state index in [4.69, 9.17) is 16.3 Å². The van der Waals surface area contributed by atoms with E-state index in [1.165, 1.54) is 12.1 Å². The Bertz CT molecular complexity index is 1370. The van der Waals surface area contributed by atoms with Gasteiger partial charge in [0.2, 0.25) is 0 Å². The highest BCUT2D eigenvalue weighted by molar-refractivity contribution is 6.33. The lowest BCUT2D eigenvalue weighted by atomic mass is 9.96. The van der Waals surface area contributed by atoms with E-state index < -0.39 is 17.4 Å². The number of benzene rings is 3. The Balaban J connectivity index is 1.84. The molecule has 0 aliphatic rings. The summed E-state index contributed by atoms with van der Waals surface area (Å²) in [7, 11) is 0. The second-order valence-corrected chi connectivity index (χ2v) is 8.36. The average Bonchev–Trinajstić information content (AvgIpc) is 2.84. The largest absolute Gasteiger partial charge is 0.488 e. The van der Waals surface area contributed by atoms with Crippen LogP contribution in [0.2, 0.25) is 5.02 Å². The number of aromatic amines is 1. The van der Waals surface area contributed by atoms with Crippen molar-refractivity contribution in [1.82, 2.24) is 9.97 Å². The number of nitrogens with zero attached hydrogens (tertiary/aromatic N) is 1. The van der Waals surface area contributed by atoms with Gasteiger partial charge < -0.3 is 9.72 Å². The predicted octanol–water partition coefficient (Wildman–Crippen LogP) is 7.31. The lowest BCUT2D eigenvalue weighted by molar-refractivity contribution is -0.137. The van der Waals surface area contributed by atoms with Crippen molar-refractivity contribution in [3.63, 3.8) is 0 Å². The van der Waals surface area contributed by atoms with Crippen molar-refractivity contribution in [2.75, 3.05) is 0 Å². The molecule has 0 bridgehead atoms. The van der Waals surface area contributed by atoms with Crippen LogP contribution in [0.4, 0.5) is 13.2 Å². The van der Waals surface area contributed by atoms with Gasteiger partial charge in [0.25, 0.3) is 0 Å². The Kier molecular flexibility index (Phi) is 7.26. The van der Waals surface area contributed by atoms with E-state index >= 15 is 0 Å². The van der Waals surface area contributed by atoms with E-state index in [-0.39, 0.29) is 0 Å². The van der Waals surface area contributed by atoms with E-state index in [2.05, 4.69) is 9.97 Å². The molecule has 0 radical (unpaired) electrons. The van der Waals surface area contributed by atoms with E-state index in [0.717, 1.165) is 17.7 Å².